The number of rotatable bonds is 5. The van der Waals surface area contributed by atoms with Gasteiger partial charge in [0, 0.05) is 6.42 Å². The van der Waals surface area contributed by atoms with E-state index in [1.807, 2.05) is 0 Å². The molecule has 0 aromatic heterocycles. The van der Waals surface area contributed by atoms with Crippen molar-refractivity contribution in [1.82, 2.24) is 0 Å². The summed E-state index contributed by atoms with van der Waals surface area (Å²) in [6.07, 6.45) is 2.62. The van der Waals surface area contributed by atoms with E-state index in [1.54, 1.807) is 6.21 Å². The minimum Gasteiger partial charge on any atom is -0.624 e. The molecule has 4 heteroatoms. The first-order valence-corrected chi connectivity index (χ1v) is 8.91. The van der Waals surface area contributed by atoms with Crippen LogP contribution < -0.4 is 0 Å². The van der Waals surface area contributed by atoms with Crippen molar-refractivity contribution in [2.45, 2.75) is 70.7 Å². The first-order chi connectivity index (χ1) is 7.80. The van der Waals surface area contributed by atoms with Gasteiger partial charge in [0.2, 0.25) is 8.32 Å². The lowest BCUT2D eigenvalue weighted by Crippen LogP contribution is -2.50. The van der Waals surface area contributed by atoms with Gasteiger partial charge >= 0.3 is 0 Å². The molecule has 0 aromatic rings. The molecule has 3 nitrogen and oxygen atoms in total. The van der Waals surface area contributed by atoms with Crippen molar-refractivity contribution in [3.63, 3.8) is 0 Å². The smallest absolute Gasteiger partial charge is 0.201 e. The first kappa shape index (κ1) is 14.7. The van der Waals surface area contributed by atoms with E-state index >= 15 is 0 Å². The molecule has 0 radical (unpaired) electrons. The summed E-state index contributed by atoms with van der Waals surface area (Å²) in [4.78, 5) is 0. The topological polar surface area (TPSA) is 35.3 Å². The number of hydroxylamine groups is 1. The summed E-state index contributed by atoms with van der Waals surface area (Å²) in [6.45, 7) is 14.2. The fourth-order valence-corrected chi connectivity index (χ4v) is 8.87. The standard InChI is InChI=1S/C13H27NO2Si/c1-10(2)17(11(3)4,12(5)6)16-13-7-8-14(15)9-13/h9-13H,7-8H2,1-6H3. The predicted molar refractivity (Wildman–Crippen MR) is 75.1 cm³/mol. The lowest BCUT2D eigenvalue weighted by atomic mass is 10.3. The molecule has 1 atom stereocenters. The fraction of sp³-hybridized carbons (Fsp3) is 0.923. The van der Waals surface area contributed by atoms with E-state index in [9.17, 15) is 5.21 Å². The van der Waals surface area contributed by atoms with Crippen LogP contribution in [0.15, 0.2) is 0 Å². The number of hydrogen-bond donors (Lipinski definition) is 0. The minimum atomic E-state index is -1.82. The minimum absolute atomic E-state index is 0.0476. The van der Waals surface area contributed by atoms with E-state index in [2.05, 4.69) is 41.5 Å². The molecule has 1 rings (SSSR count). The Balaban J connectivity index is 2.90. The maximum atomic E-state index is 11.2. The SMILES string of the molecule is CC(C)[Si](OC1C=[N+]([O-])CC1)(C(C)C)C(C)C. The molecule has 0 saturated carbocycles. The Labute approximate surface area is 107 Å². The second-order valence-electron chi connectivity index (χ2n) is 6.05. The summed E-state index contributed by atoms with van der Waals surface area (Å²) >= 11 is 0. The Morgan fingerprint density at radius 2 is 1.59 bits per heavy atom. The van der Waals surface area contributed by atoms with E-state index in [0.717, 1.165) is 11.2 Å². The van der Waals surface area contributed by atoms with Crippen LogP contribution in [-0.2, 0) is 4.43 Å². The van der Waals surface area contributed by atoms with Gasteiger partial charge in [-0.05, 0) is 16.6 Å². The largest absolute Gasteiger partial charge is 0.624 e. The summed E-state index contributed by atoms with van der Waals surface area (Å²) in [5, 5.41) is 11.2. The molecule has 0 aliphatic carbocycles. The first-order valence-electron chi connectivity index (χ1n) is 6.77. The van der Waals surface area contributed by atoms with E-state index in [0.29, 0.717) is 23.2 Å². The van der Waals surface area contributed by atoms with Gasteiger partial charge in [-0.15, -0.1) is 0 Å². The molecule has 17 heavy (non-hydrogen) atoms. The third kappa shape index (κ3) is 2.91. The van der Waals surface area contributed by atoms with Crippen molar-refractivity contribution in [3.8, 4) is 0 Å². The van der Waals surface area contributed by atoms with Crippen LogP contribution >= 0.6 is 0 Å². The van der Waals surface area contributed by atoms with Crippen LogP contribution in [0.3, 0.4) is 0 Å². The van der Waals surface area contributed by atoms with Crippen molar-refractivity contribution < 1.29 is 9.16 Å². The second-order valence-corrected chi connectivity index (χ2v) is 11.5. The van der Waals surface area contributed by atoms with Gasteiger partial charge in [-0.1, -0.05) is 41.5 Å². The molecule has 1 aliphatic heterocycles. The number of nitrogens with zero attached hydrogens (tertiary/aromatic N) is 1. The molecule has 0 spiro atoms. The van der Waals surface area contributed by atoms with Crippen LogP contribution in [0.2, 0.25) is 16.6 Å². The van der Waals surface area contributed by atoms with Crippen LogP contribution in [0.1, 0.15) is 48.0 Å². The van der Waals surface area contributed by atoms with Crippen molar-refractivity contribution in [3.05, 3.63) is 5.21 Å². The molecule has 1 unspecified atom stereocenters. The van der Waals surface area contributed by atoms with Gasteiger partial charge in [-0.2, -0.15) is 0 Å². The molecular weight excluding hydrogens is 230 g/mol. The third-order valence-corrected chi connectivity index (χ3v) is 10.2. The Kier molecular flexibility index (Phi) is 4.78. The highest BCUT2D eigenvalue weighted by Gasteiger charge is 2.47. The quantitative estimate of drug-likeness (QED) is 0.429. The Morgan fingerprint density at radius 3 is 1.88 bits per heavy atom. The van der Waals surface area contributed by atoms with Crippen LogP contribution in [0.5, 0.6) is 0 Å². The molecule has 0 amide bonds. The van der Waals surface area contributed by atoms with E-state index < -0.39 is 8.32 Å². The van der Waals surface area contributed by atoms with Crippen LogP contribution in [0.4, 0.5) is 0 Å². The maximum absolute atomic E-state index is 11.2. The predicted octanol–water partition coefficient (Wildman–Crippen LogP) is 3.53. The van der Waals surface area contributed by atoms with E-state index in [1.165, 1.54) is 0 Å². The highest BCUT2D eigenvalue weighted by molar-refractivity contribution is 6.77. The fourth-order valence-electron chi connectivity index (χ4n) is 3.35. The van der Waals surface area contributed by atoms with Gasteiger partial charge in [0.15, 0.2) is 12.8 Å². The highest BCUT2D eigenvalue weighted by atomic mass is 28.4. The van der Waals surface area contributed by atoms with E-state index in [-0.39, 0.29) is 6.10 Å². The zero-order valence-electron chi connectivity index (χ0n) is 12.1. The van der Waals surface area contributed by atoms with Gasteiger partial charge < -0.3 is 9.63 Å². The summed E-state index contributed by atoms with van der Waals surface area (Å²) in [5.74, 6) is 0. The lowest BCUT2D eigenvalue weighted by Gasteiger charge is -2.43. The molecule has 0 fully saturated rings. The Hall–Kier alpha value is -0.353. The van der Waals surface area contributed by atoms with Crippen LogP contribution in [0, 0.1) is 5.21 Å². The molecule has 1 aliphatic rings. The summed E-state index contributed by atoms with van der Waals surface area (Å²) in [5.41, 5.74) is 1.74. The highest BCUT2D eigenvalue weighted by Crippen LogP contribution is 2.43. The van der Waals surface area contributed by atoms with Crippen LogP contribution in [0.25, 0.3) is 0 Å². The zero-order valence-corrected chi connectivity index (χ0v) is 13.1. The molecule has 0 saturated heterocycles. The van der Waals surface area contributed by atoms with Gasteiger partial charge in [0.1, 0.15) is 6.10 Å². The second kappa shape index (κ2) is 5.53. The van der Waals surface area contributed by atoms with Gasteiger partial charge in [0.25, 0.3) is 0 Å². The van der Waals surface area contributed by atoms with Gasteiger partial charge in [-0.3, -0.25) is 0 Å². The average Bonchev–Trinajstić information content (AvgIpc) is 2.58. The third-order valence-electron chi connectivity index (χ3n) is 4.03. The van der Waals surface area contributed by atoms with Crippen molar-refractivity contribution in [2.24, 2.45) is 0 Å². The Morgan fingerprint density at radius 1 is 1.12 bits per heavy atom. The van der Waals surface area contributed by atoms with Gasteiger partial charge in [-0.25, -0.2) is 4.74 Å². The Bertz CT molecular complexity index is 265. The molecule has 0 aromatic carbocycles. The molecule has 0 N–H and O–H groups in total. The monoisotopic (exact) mass is 257 g/mol. The molecular formula is C13H27NO2Si. The van der Waals surface area contributed by atoms with Crippen LogP contribution in [-0.4, -0.2) is 31.9 Å². The van der Waals surface area contributed by atoms with Gasteiger partial charge in [0.05, 0.1) is 0 Å². The number of hydrogen-bond acceptors (Lipinski definition) is 2. The zero-order chi connectivity index (χ0) is 13.2. The molecule has 0 bridgehead atoms. The van der Waals surface area contributed by atoms with Crippen molar-refractivity contribution >= 4 is 14.5 Å². The van der Waals surface area contributed by atoms with Crippen molar-refractivity contribution in [2.75, 3.05) is 6.54 Å². The van der Waals surface area contributed by atoms with Crippen molar-refractivity contribution in [1.29, 1.82) is 0 Å². The lowest BCUT2D eigenvalue weighted by molar-refractivity contribution is -0.443. The van der Waals surface area contributed by atoms with E-state index in [4.69, 9.17) is 4.43 Å². The molecule has 1 heterocycles. The normalized spacial score (nSPS) is 21.7. The summed E-state index contributed by atoms with van der Waals surface area (Å²) in [6, 6.07) is 0. The molecule has 100 valence electrons. The summed E-state index contributed by atoms with van der Waals surface area (Å²) in [7, 11) is -1.82. The maximum Gasteiger partial charge on any atom is 0.201 e. The summed E-state index contributed by atoms with van der Waals surface area (Å²) < 4.78 is 7.51. The average molecular weight is 257 g/mol.